The lowest BCUT2D eigenvalue weighted by Gasteiger charge is -2.43. The topological polar surface area (TPSA) is 98.4 Å². The predicted molar refractivity (Wildman–Crippen MR) is 136 cm³/mol. The second kappa shape index (κ2) is 12.4. The monoisotopic (exact) mass is 587 g/mol. The molecule has 3 atom stereocenters. The van der Waals surface area contributed by atoms with Crippen LogP contribution in [0.5, 0.6) is 17.2 Å². The van der Waals surface area contributed by atoms with Gasteiger partial charge in [-0.15, -0.1) is 5.06 Å². The molecule has 224 valence electrons. The molecule has 2 aromatic carbocycles. The zero-order chi connectivity index (χ0) is 29.8. The molecule has 2 aliphatic rings. The summed E-state index contributed by atoms with van der Waals surface area (Å²) in [6.07, 6.45) is -2.25. The number of fused-ring (bicyclic) bond motifs is 1. The first-order valence-corrected chi connectivity index (χ1v) is 12.8. The molecule has 41 heavy (non-hydrogen) atoms. The summed E-state index contributed by atoms with van der Waals surface area (Å²) in [4.78, 5) is 29.2. The molecular formula is C27H30F5N3O6. The number of benzene rings is 2. The second-order valence-electron chi connectivity index (χ2n) is 9.92. The van der Waals surface area contributed by atoms with Crippen LogP contribution in [0, 0.1) is 5.41 Å². The summed E-state index contributed by atoms with van der Waals surface area (Å²) < 4.78 is 80.0. The minimum atomic E-state index is -5.45. The van der Waals surface area contributed by atoms with Crippen LogP contribution >= 0.6 is 0 Å². The smallest absolute Gasteiger partial charge is 0.493 e. The van der Waals surface area contributed by atoms with Crippen molar-refractivity contribution < 1.29 is 50.6 Å². The van der Waals surface area contributed by atoms with Crippen molar-refractivity contribution >= 4 is 17.7 Å². The van der Waals surface area contributed by atoms with Crippen LogP contribution in [-0.4, -0.2) is 57.6 Å². The molecule has 1 heterocycles. The van der Waals surface area contributed by atoms with E-state index in [4.69, 9.17) is 9.47 Å². The molecule has 0 radical (unpaired) electrons. The quantitative estimate of drug-likeness (QED) is 0.332. The van der Waals surface area contributed by atoms with Crippen LogP contribution in [0.2, 0.25) is 0 Å². The Morgan fingerprint density at radius 3 is 2.49 bits per heavy atom. The molecular weight excluding hydrogens is 557 g/mol. The van der Waals surface area contributed by atoms with Gasteiger partial charge in [-0.25, -0.2) is 9.59 Å². The number of halogens is 5. The van der Waals surface area contributed by atoms with Crippen LogP contribution in [0.4, 0.5) is 32.4 Å². The Morgan fingerprint density at radius 2 is 1.80 bits per heavy atom. The molecule has 2 N–H and O–H groups in total. The normalized spacial score (nSPS) is 22.0. The Balaban J connectivity index is 1.51. The van der Waals surface area contributed by atoms with E-state index in [9.17, 15) is 31.5 Å². The molecule has 0 aromatic heterocycles. The number of amides is 2. The first kappa shape index (κ1) is 30.2. The van der Waals surface area contributed by atoms with Crippen LogP contribution in [0.3, 0.4) is 0 Å². The highest BCUT2D eigenvalue weighted by atomic mass is 19.4. The van der Waals surface area contributed by atoms with Gasteiger partial charge < -0.3 is 29.7 Å². The molecule has 1 unspecified atom stereocenters. The third-order valence-electron chi connectivity index (χ3n) is 7.49. The first-order valence-electron chi connectivity index (χ1n) is 12.8. The number of urea groups is 1. The Hall–Kier alpha value is -3.81. The van der Waals surface area contributed by atoms with E-state index >= 15 is 0 Å². The number of rotatable bonds is 8. The lowest BCUT2D eigenvalue weighted by molar-refractivity contribution is -0.199. The number of hydrogen-bond donors (Lipinski definition) is 2. The SMILES string of the molecule is COc1ccc(C[C@@]23CCN[C@H]2CC(NC(=O)N(OC(=O)C(F)(F)F)c2ccccc2OC(F)F)CC3)cc1OC. The number of nitrogens with one attached hydrogen (secondary N) is 2. The number of alkyl halides is 5. The van der Waals surface area contributed by atoms with Crippen molar-refractivity contribution in [3.05, 3.63) is 48.0 Å². The molecule has 2 amide bonds. The number of nitrogens with zero attached hydrogens (tertiary/aromatic N) is 1. The third kappa shape index (κ3) is 6.92. The number of carbonyl (C=O) groups excluding carboxylic acids is 2. The highest BCUT2D eigenvalue weighted by Crippen LogP contribution is 2.46. The van der Waals surface area contributed by atoms with E-state index in [0.29, 0.717) is 30.8 Å². The maximum Gasteiger partial charge on any atom is 0.493 e. The van der Waals surface area contributed by atoms with Gasteiger partial charge in [0.2, 0.25) is 0 Å². The molecule has 1 aliphatic heterocycles. The zero-order valence-corrected chi connectivity index (χ0v) is 22.3. The van der Waals surface area contributed by atoms with Crippen LogP contribution < -0.4 is 29.9 Å². The summed E-state index contributed by atoms with van der Waals surface area (Å²) in [6.45, 7) is -2.60. The highest BCUT2D eigenvalue weighted by molar-refractivity contribution is 5.94. The highest BCUT2D eigenvalue weighted by Gasteiger charge is 2.48. The molecule has 14 heteroatoms. The largest absolute Gasteiger partial charge is 0.493 e. The summed E-state index contributed by atoms with van der Waals surface area (Å²) in [6, 6.07) is 8.51. The van der Waals surface area contributed by atoms with Crippen molar-refractivity contribution in [2.24, 2.45) is 5.41 Å². The van der Waals surface area contributed by atoms with Gasteiger partial charge in [0.25, 0.3) is 0 Å². The Morgan fingerprint density at radius 1 is 1.07 bits per heavy atom. The van der Waals surface area contributed by atoms with E-state index in [-0.39, 0.29) is 16.5 Å². The number of hydroxylamine groups is 1. The van der Waals surface area contributed by atoms with Gasteiger partial charge in [0.05, 0.1) is 14.2 Å². The van der Waals surface area contributed by atoms with E-state index < -0.39 is 42.3 Å². The molecule has 2 aromatic rings. The standard InChI is InChI=1S/C27H30F5N3O6/c1-38-20-8-7-16(13-21(20)39-2)15-26-10-9-17(14-22(26)33-12-11-26)34-25(37)35(41-23(36)27(30,31)32)18-5-3-4-6-19(18)40-24(28)29/h3-8,13,17,22,24,33H,9-12,14-15H2,1-2H3,(H,34,37)/t17?,22-,26+/m0/s1. The molecule has 9 nitrogen and oxygen atoms in total. The van der Waals surface area contributed by atoms with Crippen LogP contribution in [0.15, 0.2) is 42.5 Å². The lowest BCUT2D eigenvalue weighted by atomic mass is 9.66. The number of ether oxygens (including phenoxy) is 3. The van der Waals surface area contributed by atoms with Crippen LogP contribution in [-0.2, 0) is 16.1 Å². The maximum atomic E-state index is 13.2. The predicted octanol–water partition coefficient (Wildman–Crippen LogP) is 4.99. The summed E-state index contributed by atoms with van der Waals surface area (Å²) >= 11 is 0. The average molecular weight is 588 g/mol. The van der Waals surface area contributed by atoms with Gasteiger partial charge in [-0.2, -0.15) is 22.0 Å². The minimum absolute atomic E-state index is 0.00109. The number of para-hydroxylation sites is 2. The Kier molecular flexibility index (Phi) is 9.10. The number of methoxy groups -OCH3 is 2. The molecule has 1 saturated carbocycles. The van der Waals surface area contributed by atoms with E-state index in [1.54, 1.807) is 14.2 Å². The van der Waals surface area contributed by atoms with Gasteiger partial charge in [0.15, 0.2) is 17.2 Å². The summed E-state index contributed by atoms with van der Waals surface area (Å²) in [5.74, 6) is -2.13. The van der Waals surface area contributed by atoms with E-state index in [0.717, 1.165) is 37.1 Å². The molecule has 0 spiro atoms. The minimum Gasteiger partial charge on any atom is -0.493 e. The van der Waals surface area contributed by atoms with Crippen molar-refractivity contribution in [3.63, 3.8) is 0 Å². The molecule has 1 aliphatic carbocycles. The Bertz CT molecular complexity index is 1250. The molecule has 0 bridgehead atoms. The number of anilines is 1. The zero-order valence-electron chi connectivity index (χ0n) is 22.3. The number of hydrogen-bond acceptors (Lipinski definition) is 7. The van der Waals surface area contributed by atoms with Crippen molar-refractivity contribution in [3.8, 4) is 17.2 Å². The van der Waals surface area contributed by atoms with Crippen molar-refractivity contribution in [2.45, 2.75) is 57.0 Å². The summed E-state index contributed by atoms with van der Waals surface area (Å²) in [7, 11) is 3.11. The van der Waals surface area contributed by atoms with Gasteiger partial charge in [-0.3, -0.25) is 0 Å². The van der Waals surface area contributed by atoms with Crippen molar-refractivity contribution in [2.75, 3.05) is 25.8 Å². The second-order valence-corrected chi connectivity index (χ2v) is 9.92. The van der Waals surface area contributed by atoms with Gasteiger partial charge in [0.1, 0.15) is 5.69 Å². The maximum absolute atomic E-state index is 13.2. The third-order valence-corrected chi connectivity index (χ3v) is 7.49. The van der Waals surface area contributed by atoms with Gasteiger partial charge in [-0.05, 0) is 73.9 Å². The van der Waals surface area contributed by atoms with Crippen LogP contribution in [0.25, 0.3) is 0 Å². The van der Waals surface area contributed by atoms with E-state index in [2.05, 4.69) is 20.2 Å². The number of carbonyl (C=O) groups is 2. The fraction of sp³-hybridized carbons (Fsp3) is 0.481. The summed E-state index contributed by atoms with van der Waals surface area (Å²) in [5, 5.41) is 6.07. The fourth-order valence-electron chi connectivity index (χ4n) is 5.60. The van der Waals surface area contributed by atoms with Gasteiger partial charge in [-0.1, -0.05) is 18.2 Å². The molecule has 4 rings (SSSR count). The molecule has 1 saturated heterocycles. The lowest BCUT2D eigenvalue weighted by Crippen LogP contribution is -2.53. The fourth-order valence-corrected chi connectivity index (χ4v) is 5.60. The van der Waals surface area contributed by atoms with Crippen LogP contribution in [0.1, 0.15) is 31.2 Å². The van der Waals surface area contributed by atoms with E-state index in [1.165, 1.54) is 12.1 Å². The average Bonchev–Trinajstić information content (AvgIpc) is 3.33. The molecule has 2 fully saturated rings. The Labute approximate surface area is 232 Å². The van der Waals surface area contributed by atoms with Crippen molar-refractivity contribution in [1.29, 1.82) is 0 Å². The van der Waals surface area contributed by atoms with Gasteiger partial charge in [0, 0.05) is 12.1 Å². The van der Waals surface area contributed by atoms with Gasteiger partial charge >= 0.3 is 24.8 Å². The van der Waals surface area contributed by atoms with E-state index in [1.807, 2.05) is 18.2 Å². The van der Waals surface area contributed by atoms with Crippen molar-refractivity contribution in [1.82, 2.24) is 10.6 Å². The summed E-state index contributed by atoms with van der Waals surface area (Å²) in [5.41, 5.74) is 0.307. The first-order chi connectivity index (χ1) is 19.5.